The second-order valence-electron chi connectivity index (χ2n) is 8.21. The van der Waals surface area contributed by atoms with E-state index in [-0.39, 0.29) is 5.92 Å². The smallest absolute Gasteiger partial charge is 0.412 e. The van der Waals surface area contributed by atoms with E-state index < -0.39 is 44.0 Å². The van der Waals surface area contributed by atoms with Crippen LogP contribution < -0.4 is 0 Å². The number of ether oxygens (including phenoxy) is 1. The number of hydrogen-bond acceptors (Lipinski definition) is 6. The normalized spacial score (nSPS) is 24.8. The van der Waals surface area contributed by atoms with E-state index in [1.54, 1.807) is 20.8 Å². The molecule has 3 unspecified atom stereocenters. The van der Waals surface area contributed by atoms with E-state index in [9.17, 15) is 20.0 Å². The highest BCUT2D eigenvalue weighted by molar-refractivity contribution is 6.48. The van der Waals surface area contributed by atoms with Crippen LogP contribution in [-0.2, 0) is 9.16 Å². The third-order valence-electron chi connectivity index (χ3n) is 4.45. The van der Waals surface area contributed by atoms with E-state index in [0.717, 1.165) is 19.3 Å². The fourth-order valence-corrected chi connectivity index (χ4v) is 4.81. The molecule has 1 aliphatic rings. The van der Waals surface area contributed by atoms with Crippen LogP contribution in [0.4, 0.5) is 4.79 Å². The van der Waals surface area contributed by atoms with Gasteiger partial charge < -0.3 is 14.3 Å². The Morgan fingerprint density at radius 1 is 1.46 bits per heavy atom. The van der Waals surface area contributed by atoms with Crippen LogP contribution in [0.3, 0.4) is 0 Å². The number of likely N-dealkylation sites (tertiary alicyclic amines) is 1. The number of nitrogens with zero attached hydrogens (tertiary/aromatic N) is 2. The molecule has 3 atom stereocenters. The van der Waals surface area contributed by atoms with E-state index in [0.29, 0.717) is 13.0 Å². The number of rotatable bonds is 8. The zero-order valence-corrected chi connectivity index (χ0v) is 18.0. The van der Waals surface area contributed by atoms with E-state index in [4.69, 9.17) is 9.16 Å². The molecule has 1 amide bonds. The first-order valence-electron chi connectivity index (χ1n) is 9.42. The predicted octanol–water partition coefficient (Wildman–Crippen LogP) is 2.77. The van der Waals surface area contributed by atoms with Crippen LogP contribution >= 0.6 is 0 Å². The molecule has 0 aromatic rings. The fraction of sp³-hybridized carbons (Fsp3) is 0.941. The van der Waals surface area contributed by atoms with Gasteiger partial charge in [-0.25, -0.2) is 4.79 Å². The van der Waals surface area contributed by atoms with Gasteiger partial charge in [-0.15, -0.1) is 0 Å². The second kappa shape index (κ2) is 9.14. The molecular weight excluding hydrogens is 356 g/mol. The third-order valence-corrected chi connectivity index (χ3v) is 5.30. The average molecular weight is 391 g/mol. The first kappa shape index (κ1) is 22.8. The van der Waals surface area contributed by atoms with Gasteiger partial charge in [0.1, 0.15) is 5.60 Å². The molecule has 0 aliphatic carbocycles. The monoisotopic (exact) mass is 390 g/mol. The highest BCUT2D eigenvalue weighted by Crippen LogP contribution is 2.43. The Morgan fingerprint density at radius 3 is 2.54 bits per heavy atom. The summed E-state index contributed by atoms with van der Waals surface area (Å²) >= 11 is 0. The van der Waals surface area contributed by atoms with E-state index >= 15 is 0 Å². The van der Waals surface area contributed by atoms with Crippen LogP contribution in [0, 0.1) is 16.0 Å². The molecule has 1 saturated heterocycles. The molecule has 1 fully saturated rings. The van der Waals surface area contributed by atoms with Gasteiger partial charge in [-0.2, -0.15) is 0 Å². The summed E-state index contributed by atoms with van der Waals surface area (Å²) in [5.41, 5.74) is -2.08. The average Bonchev–Trinajstić information content (AvgIpc) is 2.81. The van der Waals surface area contributed by atoms with Crippen LogP contribution in [0.15, 0.2) is 0 Å². The van der Waals surface area contributed by atoms with Gasteiger partial charge >= 0.3 is 6.09 Å². The Morgan fingerprint density at radius 2 is 2.08 bits per heavy atom. The summed E-state index contributed by atoms with van der Waals surface area (Å²) in [5, 5.41) is 21.9. The number of hydrogen-bond donors (Lipinski definition) is 1. The third kappa shape index (κ3) is 5.65. The summed E-state index contributed by atoms with van der Waals surface area (Å²) in [4.78, 5) is 24.8. The lowest BCUT2D eigenvalue weighted by Gasteiger charge is -2.45. The van der Waals surface area contributed by atoms with E-state index in [1.807, 2.05) is 13.1 Å². The maximum Gasteiger partial charge on any atom is 0.412 e. The molecule has 0 aromatic carbocycles. The number of unbranched alkanes of at least 4 members (excludes halogenated alkanes) is 1. The van der Waals surface area contributed by atoms with Crippen molar-refractivity contribution in [3.63, 3.8) is 0 Å². The molecule has 0 spiro atoms. The van der Waals surface area contributed by atoms with Crippen molar-refractivity contribution in [3.05, 3.63) is 10.1 Å². The first-order valence-corrected chi connectivity index (χ1v) is 12.2. The lowest BCUT2D eigenvalue weighted by atomic mass is 9.87. The van der Waals surface area contributed by atoms with Gasteiger partial charge in [0.05, 0.1) is 0 Å². The van der Waals surface area contributed by atoms with Crippen LogP contribution in [0.1, 0.15) is 53.4 Å². The number of aliphatic hydroxyl groups is 1. The lowest BCUT2D eigenvalue weighted by Crippen LogP contribution is -2.64. The van der Waals surface area contributed by atoms with Crippen molar-refractivity contribution in [1.82, 2.24) is 4.90 Å². The molecule has 1 aliphatic heterocycles. The molecular formula is C17H34N2O6Si. The molecule has 1 heterocycles. The minimum absolute atomic E-state index is 0.153. The second-order valence-corrected chi connectivity index (χ2v) is 10.5. The topological polar surface area (TPSA) is 102 Å². The molecule has 0 bridgehead atoms. The fourth-order valence-electron chi connectivity index (χ4n) is 3.58. The first-order chi connectivity index (χ1) is 11.9. The Bertz CT molecular complexity index is 496. The molecule has 1 rings (SSSR count). The van der Waals surface area contributed by atoms with Crippen LogP contribution in [-0.4, -0.2) is 60.6 Å². The van der Waals surface area contributed by atoms with Crippen LogP contribution in [0.25, 0.3) is 0 Å². The number of carbonyl (C=O) groups is 1. The highest BCUT2D eigenvalue weighted by atomic mass is 28.3. The summed E-state index contributed by atoms with van der Waals surface area (Å²) in [5.74, 6) is -0.153. The standard InChI is InChI=1S/C17H34N2O6Si/c1-7-8-9-13-10-11-18(15(21)24-16(2,3)4)17(13,25-26(5)6)14(20)12-19(22)23/h13-14,20,26H,7-12H2,1-6H3. The van der Waals surface area contributed by atoms with Crippen molar-refractivity contribution in [2.75, 3.05) is 13.1 Å². The number of carbonyl (C=O) groups excluding carboxylic acids is 1. The SMILES string of the molecule is CCCCC1CCN(C(=O)OC(C)(C)C)C1(O[SiH](C)C)C(O)C[N+](=O)[O-]. The minimum atomic E-state index is -1.73. The van der Waals surface area contributed by atoms with Gasteiger partial charge in [0.25, 0.3) is 0 Å². The molecule has 26 heavy (non-hydrogen) atoms. The number of aliphatic hydroxyl groups excluding tert-OH is 1. The number of amides is 1. The predicted molar refractivity (Wildman–Crippen MR) is 101 cm³/mol. The van der Waals surface area contributed by atoms with Crippen LogP contribution in [0.2, 0.25) is 13.1 Å². The lowest BCUT2D eigenvalue weighted by molar-refractivity contribution is -0.497. The zero-order valence-electron chi connectivity index (χ0n) is 16.9. The molecule has 0 saturated carbocycles. The summed E-state index contributed by atoms with van der Waals surface area (Å²) < 4.78 is 11.7. The summed E-state index contributed by atoms with van der Waals surface area (Å²) in [7, 11) is -1.73. The summed E-state index contributed by atoms with van der Waals surface area (Å²) in [6.45, 7) is 10.9. The molecule has 0 aromatic heterocycles. The quantitative estimate of drug-likeness (QED) is 0.388. The molecule has 0 radical (unpaired) electrons. The Balaban J connectivity index is 3.30. The van der Waals surface area contributed by atoms with Crippen molar-refractivity contribution in [1.29, 1.82) is 0 Å². The molecule has 152 valence electrons. The van der Waals surface area contributed by atoms with Gasteiger partial charge in [0, 0.05) is 17.4 Å². The Labute approximate surface area is 157 Å². The maximum atomic E-state index is 12.8. The summed E-state index contributed by atoms with van der Waals surface area (Å²) in [6.07, 6.45) is 1.25. The number of nitro groups is 1. The Hall–Kier alpha value is -1.19. The Kier molecular flexibility index (Phi) is 8.03. The molecule has 8 nitrogen and oxygen atoms in total. The van der Waals surface area contributed by atoms with Gasteiger partial charge in [-0.05, 0) is 46.7 Å². The van der Waals surface area contributed by atoms with Crippen LogP contribution in [0.5, 0.6) is 0 Å². The van der Waals surface area contributed by atoms with E-state index in [2.05, 4.69) is 6.92 Å². The van der Waals surface area contributed by atoms with Crippen molar-refractivity contribution in [3.8, 4) is 0 Å². The van der Waals surface area contributed by atoms with Gasteiger partial charge in [-0.3, -0.25) is 15.0 Å². The summed E-state index contributed by atoms with van der Waals surface area (Å²) in [6, 6.07) is 0. The maximum absolute atomic E-state index is 12.8. The van der Waals surface area contributed by atoms with Crippen molar-refractivity contribution < 1.29 is 24.0 Å². The van der Waals surface area contributed by atoms with Crippen molar-refractivity contribution in [2.24, 2.45) is 5.92 Å². The minimum Gasteiger partial charge on any atom is -0.444 e. The largest absolute Gasteiger partial charge is 0.444 e. The van der Waals surface area contributed by atoms with Gasteiger partial charge in [-0.1, -0.05) is 19.8 Å². The molecule has 9 heteroatoms. The van der Waals surface area contributed by atoms with Crippen molar-refractivity contribution >= 4 is 15.1 Å². The zero-order chi connectivity index (χ0) is 20.1. The molecule has 1 N–H and O–H groups in total. The van der Waals surface area contributed by atoms with Gasteiger partial charge in [0.15, 0.2) is 20.9 Å². The highest BCUT2D eigenvalue weighted by Gasteiger charge is 2.58. The van der Waals surface area contributed by atoms with Gasteiger partial charge in [0.2, 0.25) is 6.54 Å². The van der Waals surface area contributed by atoms with Crippen molar-refractivity contribution in [2.45, 2.75) is 83.9 Å². The van der Waals surface area contributed by atoms with E-state index in [1.165, 1.54) is 4.90 Å².